The molecule has 188 valence electrons. The summed E-state index contributed by atoms with van der Waals surface area (Å²) in [7, 11) is -1.23. The van der Waals surface area contributed by atoms with E-state index in [9.17, 15) is 17.6 Å². The van der Waals surface area contributed by atoms with Crippen LogP contribution in [0.2, 0.25) is 0 Å². The Kier molecular flexibility index (Phi) is 8.26. The van der Waals surface area contributed by atoms with Gasteiger partial charge in [0.15, 0.2) is 0 Å². The third-order valence-electron chi connectivity index (χ3n) is 6.91. The molecule has 3 rings (SSSR count). The Hall–Kier alpha value is -0.980. The van der Waals surface area contributed by atoms with Crippen molar-refractivity contribution in [1.82, 2.24) is 0 Å². The Balaban J connectivity index is 2.05. The number of hydrogen-bond donors (Lipinski definition) is 0. The molecule has 0 aliphatic heterocycles. The molecule has 6 heteroatoms. The van der Waals surface area contributed by atoms with Gasteiger partial charge in [-0.05, 0) is 83.2 Å². The fourth-order valence-electron chi connectivity index (χ4n) is 6.22. The van der Waals surface area contributed by atoms with Crippen molar-refractivity contribution in [3.8, 4) is 0 Å². The maximum atomic E-state index is 13.8. The summed E-state index contributed by atoms with van der Waals surface area (Å²) in [4.78, 5) is 0. The van der Waals surface area contributed by atoms with E-state index in [-0.39, 0.29) is 24.1 Å². The average Bonchev–Trinajstić information content (AvgIpc) is 3.16. The van der Waals surface area contributed by atoms with Gasteiger partial charge in [-0.15, -0.1) is 0 Å². The van der Waals surface area contributed by atoms with Crippen LogP contribution in [-0.2, 0) is 6.18 Å². The molecule has 0 radical (unpaired) electrons. The number of alkyl halides is 3. The molecule has 0 heterocycles. The van der Waals surface area contributed by atoms with Gasteiger partial charge in [0.1, 0.15) is 5.82 Å². The summed E-state index contributed by atoms with van der Waals surface area (Å²) in [6.45, 7) is 16.5. The molecule has 3 unspecified atom stereocenters. The van der Waals surface area contributed by atoms with Gasteiger partial charge in [0.05, 0.1) is 5.56 Å². The zero-order chi connectivity index (χ0) is 25.5. The normalized spacial score (nSPS) is 21.6. The van der Waals surface area contributed by atoms with Gasteiger partial charge < -0.3 is 0 Å². The van der Waals surface area contributed by atoms with Crippen LogP contribution in [0.4, 0.5) is 17.6 Å². The maximum Gasteiger partial charge on any atom is 0.416 e. The number of halogens is 4. The van der Waals surface area contributed by atoms with E-state index in [2.05, 4.69) is 48.5 Å². The van der Waals surface area contributed by atoms with Gasteiger partial charge in [0.25, 0.3) is 0 Å². The zero-order valence-corrected chi connectivity index (χ0v) is 23.2. The van der Waals surface area contributed by atoms with Gasteiger partial charge in [0.2, 0.25) is 0 Å². The van der Waals surface area contributed by atoms with Crippen molar-refractivity contribution in [1.29, 1.82) is 0 Å². The Morgan fingerprint density at radius 2 is 1.24 bits per heavy atom. The minimum absolute atomic E-state index is 0.202. The van der Waals surface area contributed by atoms with Crippen LogP contribution in [0.5, 0.6) is 0 Å². The summed E-state index contributed by atoms with van der Waals surface area (Å²) in [5.41, 5.74) is 0.287. The highest BCUT2D eigenvalue weighted by Crippen LogP contribution is 2.67. The molecule has 1 aliphatic rings. The van der Waals surface area contributed by atoms with Crippen LogP contribution in [0, 0.1) is 11.7 Å². The number of benzene rings is 2. The molecule has 0 N–H and O–H groups in total. The smallest absolute Gasteiger partial charge is 0.207 e. The Labute approximate surface area is 205 Å². The lowest BCUT2D eigenvalue weighted by Gasteiger charge is -2.49. The highest BCUT2D eigenvalue weighted by Gasteiger charge is 2.46. The molecule has 0 bridgehead atoms. The van der Waals surface area contributed by atoms with Crippen molar-refractivity contribution >= 4 is 26.5 Å². The minimum atomic E-state index is -4.35. The average molecular weight is 513 g/mol. The van der Waals surface area contributed by atoms with Crippen molar-refractivity contribution < 1.29 is 17.6 Å². The van der Waals surface area contributed by atoms with Gasteiger partial charge >= 0.3 is 6.18 Å². The first-order valence-corrected chi connectivity index (χ1v) is 14.9. The fourth-order valence-corrected chi connectivity index (χ4v) is 14.8. The van der Waals surface area contributed by atoms with E-state index in [0.29, 0.717) is 17.2 Å². The fraction of sp³-hybridized carbons (Fsp3) is 0.571. The van der Waals surface area contributed by atoms with Crippen LogP contribution >= 0.6 is 15.8 Å². The van der Waals surface area contributed by atoms with Gasteiger partial charge in [0, 0.05) is 0 Å². The Bertz CT molecular complexity index is 923. The monoisotopic (exact) mass is 512 g/mol. The largest absolute Gasteiger partial charge is 0.416 e. The Morgan fingerprint density at radius 1 is 0.765 bits per heavy atom. The minimum Gasteiger partial charge on any atom is -0.207 e. The number of rotatable bonds is 5. The van der Waals surface area contributed by atoms with Crippen molar-refractivity contribution in [3.05, 3.63) is 59.9 Å². The SMILES string of the molecule is C[C@H](C1CCCC1P(c1ccc(F)cc1)c1ccc(C(F)(F)F)cc1)P(C(C)(C)C)C(C)(C)C. The summed E-state index contributed by atoms with van der Waals surface area (Å²) in [6, 6.07) is 12.4. The standard InChI is InChI=1S/C28H38F4P2/c1-19(34(26(2,3)4)27(5,6)7)24-9-8-10-25(24)33(23-17-13-21(29)14-18-23)22-15-11-20(12-16-22)28(30,31)32/h11-19,24-25H,8-10H2,1-7H3/t19-,24?,25?,33?/m1/s1. The molecule has 1 aliphatic carbocycles. The molecule has 1 saturated carbocycles. The predicted molar refractivity (Wildman–Crippen MR) is 141 cm³/mol. The van der Waals surface area contributed by atoms with Crippen LogP contribution in [0.25, 0.3) is 0 Å². The molecule has 0 saturated heterocycles. The summed E-state index contributed by atoms with van der Waals surface area (Å²) >= 11 is 0. The van der Waals surface area contributed by atoms with E-state index < -0.39 is 19.7 Å². The summed E-state index contributed by atoms with van der Waals surface area (Å²) < 4.78 is 53.5. The summed E-state index contributed by atoms with van der Waals surface area (Å²) in [5, 5.41) is 2.41. The Morgan fingerprint density at radius 3 is 1.68 bits per heavy atom. The van der Waals surface area contributed by atoms with Crippen LogP contribution in [-0.4, -0.2) is 21.6 Å². The van der Waals surface area contributed by atoms with E-state index in [0.717, 1.165) is 29.9 Å². The predicted octanol–water partition coefficient (Wildman–Crippen LogP) is 8.91. The molecule has 2 aromatic rings. The van der Waals surface area contributed by atoms with Crippen LogP contribution < -0.4 is 10.6 Å². The van der Waals surface area contributed by atoms with Gasteiger partial charge in [-0.1, -0.05) is 87.1 Å². The molecular weight excluding hydrogens is 474 g/mol. The third-order valence-corrected chi connectivity index (χ3v) is 14.0. The molecule has 0 aromatic heterocycles. The van der Waals surface area contributed by atoms with E-state index in [1.54, 1.807) is 12.1 Å². The molecule has 1 fully saturated rings. The molecule has 2 aromatic carbocycles. The van der Waals surface area contributed by atoms with Crippen molar-refractivity contribution in [2.45, 2.75) is 95.5 Å². The lowest BCUT2D eigenvalue weighted by atomic mass is 10.0. The van der Waals surface area contributed by atoms with Crippen molar-refractivity contribution in [3.63, 3.8) is 0 Å². The summed E-state index contributed by atoms with van der Waals surface area (Å²) in [5.74, 6) is 0.217. The molecular formula is C28H38F4P2. The van der Waals surface area contributed by atoms with Crippen LogP contribution in [0.15, 0.2) is 48.5 Å². The summed E-state index contributed by atoms with van der Waals surface area (Å²) in [6.07, 6.45) is -0.997. The van der Waals surface area contributed by atoms with Crippen LogP contribution in [0.1, 0.15) is 73.3 Å². The lowest BCUT2D eigenvalue weighted by Crippen LogP contribution is -2.37. The molecule has 0 spiro atoms. The first-order chi connectivity index (χ1) is 15.6. The van der Waals surface area contributed by atoms with Gasteiger partial charge in [-0.25, -0.2) is 4.39 Å². The first-order valence-electron chi connectivity index (χ1n) is 12.1. The second-order valence-electron chi connectivity index (χ2n) is 11.5. The van der Waals surface area contributed by atoms with E-state index in [1.165, 1.54) is 24.3 Å². The third kappa shape index (κ3) is 6.22. The second kappa shape index (κ2) is 10.2. The zero-order valence-electron chi connectivity index (χ0n) is 21.4. The quantitative estimate of drug-likeness (QED) is 0.277. The molecule has 4 atom stereocenters. The highest BCUT2D eigenvalue weighted by molar-refractivity contribution is 7.73. The molecule has 0 nitrogen and oxygen atoms in total. The van der Waals surface area contributed by atoms with E-state index in [1.807, 2.05) is 12.1 Å². The van der Waals surface area contributed by atoms with Gasteiger partial charge in [-0.2, -0.15) is 13.2 Å². The lowest BCUT2D eigenvalue weighted by molar-refractivity contribution is -0.137. The topological polar surface area (TPSA) is 0 Å². The van der Waals surface area contributed by atoms with Crippen LogP contribution in [0.3, 0.4) is 0 Å². The second-order valence-corrected chi connectivity index (χ2v) is 18.2. The highest BCUT2D eigenvalue weighted by atomic mass is 31.1. The van der Waals surface area contributed by atoms with E-state index >= 15 is 0 Å². The van der Waals surface area contributed by atoms with E-state index in [4.69, 9.17) is 0 Å². The van der Waals surface area contributed by atoms with Gasteiger partial charge in [-0.3, -0.25) is 0 Å². The number of hydrogen-bond acceptors (Lipinski definition) is 0. The molecule has 0 amide bonds. The van der Waals surface area contributed by atoms with Crippen molar-refractivity contribution in [2.75, 3.05) is 0 Å². The van der Waals surface area contributed by atoms with Crippen molar-refractivity contribution in [2.24, 2.45) is 5.92 Å². The first kappa shape index (κ1) is 27.6. The maximum absolute atomic E-state index is 13.8. The molecule has 34 heavy (non-hydrogen) atoms.